The summed E-state index contributed by atoms with van der Waals surface area (Å²) in [6.07, 6.45) is 5.93. The first-order valence-electron chi connectivity index (χ1n) is 8.68. The molecule has 2 amide bonds. The maximum atomic E-state index is 13.0. The number of aromatic nitrogens is 1. The highest BCUT2D eigenvalue weighted by Gasteiger charge is 2.52. The molecule has 1 aromatic carbocycles. The second kappa shape index (κ2) is 5.62. The van der Waals surface area contributed by atoms with Crippen LogP contribution in [0.3, 0.4) is 0 Å². The minimum atomic E-state index is -0.0107. The standard InChI is InChI=1S/C20H23N3O/c1-14(2)18(15-7-11-21-12-8-15)22-19(24)23-13-20(9-10-20)16-5-3-4-6-17(16)23/h3-8,11-12,14,18H,9-10,13H2,1-2H3,(H,22,24). The van der Waals surface area contributed by atoms with Gasteiger partial charge in [-0.05, 0) is 48.1 Å². The van der Waals surface area contributed by atoms with Crippen LogP contribution in [0.2, 0.25) is 0 Å². The lowest BCUT2D eigenvalue weighted by molar-refractivity contribution is 0.238. The zero-order valence-corrected chi connectivity index (χ0v) is 14.2. The van der Waals surface area contributed by atoms with Crippen LogP contribution in [0.15, 0.2) is 48.8 Å². The van der Waals surface area contributed by atoms with E-state index in [4.69, 9.17) is 0 Å². The Morgan fingerprint density at radius 1 is 1.17 bits per heavy atom. The molecule has 2 aromatic rings. The Morgan fingerprint density at radius 3 is 2.54 bits per heavy atom. The van der Waals surface area contributed by atoms with Gasteiger partial charge in [0.25, 0.3) is 0 Å². The average molecular weight is 321 g/mol. The third kappa shape index (κ3) is 2.46. The number of anilines is 1. The number of benzene rings is 1. The van der Waals surface area contributed by atoms with E-state index in [0.717, 1.165) is 17.8 Å². The monoisotopic (exact) mass is 321 g/mol. The second-order valence-electron chi connectivity index (χ2n) is 7.34. The summed E-state index contributed by atoms with van der Waals surface area (Å²) >= 11 is 0. The number of rotatable bonds is 3. The molecule has 2 aliphatic rings. The van der Waals surface area contributed by atoms with Crippen LogP contribution in [0.1, 0.15) is 43.9 Å². The Labute approximate surface area is 142 Å². The van der Waals surface area contributed by atoms with Gasteiger partial charge < -0.3 is 5.32 Å². The Morgan fingerprint density at radius 2 is 1.88 bits per heavy atom. The van der Waals surface area contributed by atoms with Crippen molar-refractivity contribution in [2.45, 2.75) is 38.1 Å². The Bertz CT molecular complexity index is 752. The molecule has 4 heteroatoms. The van der Waals surface area contributed by atoms with E-state index < -0.39 is 0 Å². The van der Waals surface area contributed by atoms with Crippen molar-refractivity contribution in [1.82, 2.24) is 10.3 Å². The van der Waals surface area contributed by atoms with Gasteiger partial charge in [0.05, 0.1) is 6.04 Å². The first-order valence-corrected chi connectivity index (χ1v) is 8.68. The predicted octanol–water partition coefficient (Wildman–Crippen LogP) is 4.04. The van der Waals surface area contributed by atoms with E-state index in [1.54, 1.807) is 12.4 Å². The minimum Gasteiger partial charge on any atom is -0.331 e. The summed E-state index contributed by atoms with van der Waals surface area (Å²) in [7, 11) is 0. The van der Waals surface area contributed by atoms with Crippen LogP contribution in [0.4, 0.5) is 10.5 Å². The molecule has 1 atom stereocenters. The fraction of sp³-hybridized carbons (Fsp3) is 0.400. The first-order chi connectivity index (χ1) is 11.6. The summed E-state index contributed by atoms with van der Waals surface area (Å²) in [5, 5.41) is 3.24. The normalized spacial score (nSPS) is 18.5. The molecule has 1 fully saturated rings. The van der Waals surface area contributed by atoms with Crippen molar-refractivity contribution in [1.29, 1.82) is 0 Å². The number of fused-ring (bicyclic) bond motifs is 2. The molecule has 1 aliphatic carbocycles. The van der Waals surface area contributed by atoms with Crippen LogP contribution in [-0.4, -0.2) is 17.6 Å². The smallest absolute Gasteiger partial charge is 0.322 e. The SMILES string of the molecule is CC(C)C(NC(=O)N1CC2(CC2)c2ccccc21)c1ccncc1. The summed E-state index contributed by atoms with van der Waals surface area (Å²) in [6, 6.07) is 12.3. The maximum Gasteiger partial charge on any atom is 0.322 e. The minimum absolute atomic E-state index is 0.00161. The second-order valence-corrected chi connectivity index (χ2v) is 7.34. The van der Waals surface area contributed by atoms with Gasteiger partial charge in [-0.25, -0.2) is 4.79 Å². The van der Waals surface area contributed by atoms with E-state index >= 15 is 0 Å². The predicted molar refractivity (Wildman–Crippen MR) is 95.0 cm³/mol. The van der Waals surface area contributed by atoms with E-state index in [1.165, 1.54) is 18.4 Å². The lowest BCUT2D eigenvalue weighted by Gasteiger charge is -2.27. The lowest BCUT2D eigenvalue weighted by Crippen LogP contribution is -2.43. The van der Waals surface area contributed by atoms with Crippen molar-refractivity contribution in [3.63, 3.8) is 0 Å². The zero-order chi connectivity index (χ0) is 16.7. The molecule has 2 heterocycles. The molecular weight excluding hydrogens is 298 g/mol. The van der Waals surface area contributed by atoms with Crippen LogP contribution in [-0.2, 0) is 5.41 Å². The number of hydrogen-bond donors (Lipinski definition) is 1. The molecule has 1 N–H and O–H groups in total. The largest absolute Gasteiger partial charge is 0.331 e. The van der Waals surface area contributed by atoms with Crippen LogP contribution in [0.5, 0.6) is 0 Å². The molecule has 0 saturated heterocycles. The molecule has 0 radical (unpaired) electrons. The van der Waals surface area contributed by atoms with Gasteiger partial charge in [0.2, 0.25) is 0 Å². The van der Waals surface area contributed by atoms with Gasteiger partial charge in [0.15, 0.2) is 0 Å². The van der Waals surface area contributed by atoms with E-state index in [0.29, 0.717) is 5.92 Å². The molecule has 1 saturated carbocycles. The van der Waals surface area contributed by atoms with Crippen molar-refractivity contribution in [2.24, 2.45) is 5.92 Å². The first kappa shape index (κ1) is 15.2. The average Bonchev–Trinajstić information content (AvgIpc) is 3.30. The number of carbonyl (C=O) groups is 1. The van der Waals surface area contributed by atoms with Crippen LogP contribution >= 0.6 is 0 Å². The van der Waals surface area contributed by atoms with Crippen molar-refractivity contribution in [3.8, 4) is 0 Å². The molecule has 24 heavy (non-hydrogen) atoms. The van der Waals surface area contributed by atoms with Gasteiger partial charge in [0, 0.05) is 30.0 Å². The molecule has 1 spiro atoms. The highest BCUT2D eigenvalue weighted by molar-refractivity contribution is 5.95. The van der Waals surface area contributed by atoms with Gasteiger partial charge in [-0.2, -0.15) is 0 Å². The third-order valence-corrected chi connectivity index (χ3v) is 5.34. The van der Waals surface area contributed by atoms with E-state index in [9.17, 15) is 4.79 Å². The Balaban J connectivity index is 1.58. The molecular formula is C20H23N3O. The Kier molecular flexibility index (Phi) is 3.56. The summed E-state index contributed by atoms with van der Waals surface area (Å²) < 4.78 is 0. The fourth-order valence-electron chi connectivity index (χ4n) is 3.81. The number of hydrogen-bond acceptors (Lipinski definition) is 2. The van der Waals surface area contributed by atoms with E-state index in [-0.39, 0.29) is 17.5 Å². The summed E-state index contributed by atoms with van der Waals surface area (Å²) in [5.41, 5.74) is 3.73. The topological polar surface area (TPSA) is 45.2 Å². The molecule has 1 aromatic heterocycles. The number of urea groups is 1. The lowest BCUT2D eigenvalue weighted by atomic mass is 9.97. The quantitative estimate of drug-likeness (QED) is 0.927. The molecule has 4 nitrogen and oxygen atoms in total. The van der Waals surface area contributed by atoms with Crippen molar-refractivity contribution in [3.05, 3.63) is 59.9 Å². The van der Waals surface area contributed by atoms with Crippen LogP contribution in [0, 0.1) is 5.92 Å². The fourth-order valence-corrected chi connectivity index (χ4v) is 3.81. The van der Waals surface area contributed by atoms with Gasteiger partial charge >= 0.3 is 6.03 Å². The molecule has 0 bridgehead atoms. The molecule has 4 rings (SSSR count). The van der Waals surface area contributed by atoms with Gasteiger partial charge in [0.1, 0.15) is 0 Å². The Hall–Kier alpha value is -2.36. The molecule has 1 unspecified atom stereocenters. The van der Waals surface area contributed by atoms with E-state index in [1.807, 2.05) is 23.1 Å². The number of nitrogens with one attached hydrogen (secondary N) is 1. The number of pyridine rings is 1. The third-order valence-electron chi connectivity index (χ3n) is 5.34. The molecule has 124 valence electrons. The van der Waals surface area contributed by atoms with E-state index in [2.05, 4.69) is 42.3 Å². The zero-order valence-electron chi connectivity index (χ0n) is 14.2. The highest BCUT2D eigenvalue weighted by atomic mass is 16.2. The summed E-state index contributed by atoms with van der Waals surface area (Å²) in [6.45, 7) is 5.07. The van der Waals surface area contributed by atoms with Gasteiger partial charge in [-0.3, -0.25) is 9.88 Å². The summed E-state index contributed by atoms with van der Waals surface area (Å²) in [4.78, 5) is 19.0. The van der Waals surface area contributed by atoms with Crippen LogP contribution < -0.4 is 10.2 Å². The molecule has 1 aliphatic heterocycles. The number of para-hydroxylation sites is 1. The highest BCUT2D eigenvalue weighted by Crippen LogP contribution is 2.56. The van der Waals surface area contributed by atoms with Gasteiger partial charge in [-0.15, -0.1) is 0 Å². The van der Waals surface area contributed by atoms with Crippen molar-refractivity contribution >= 4 is 11.7 Å². The van der Waals surface area contributed by atoms with Gasteiger partial charge in [-0.1, -0.05) is 32.0 Å². The number of carbonyl (C=O) groups excluding carboxylic acids is 1. The summed E-state index contributed by atoms with van der Waals surface area (Å²) in [5.74, 6) is 0.309. The maximum absolute atomic E-state index is 13.0. The van der Waals surface area contributed by atoms with Crippen molar-refractivity contribution < 1.29 is 4.79 Å². The number of nitrogens with zero attached hydrogens (tertiary/aromatic N) is 2. The number of amides is 2. The van der Waals surface area contributed by atoms with Crippen LogP contribution in [0.25, 0.3) is 0 Å². The van der Waals surface area contributed by atoms with Crippen molar-refractivity contribution in [2.75, 3.05) is 11.4 Å².